The third kappa shape index (κ3) is 4.42. The zero-order valence-electron chi connectivity index (χ0n) is 15.5. The Morgan fingerprint density at radius 2 is 1.58 bits per heavy atom. The maximum atomic E-state index is 12.7. The molecule has 6 nitrogen and oxygen atoms in total. The number of nitrogens with two attached hydrogens (primary N) is 1. The topological polar surface area (TPSA) is 83.7 Å². The SMILES string of the molecule is CCN(C)c1ccc(C(=O)N(C)C(C)c2ccc(S(N)(=O)=O)cc2)cc1. The molecule has 0 aliphatic carbocycles. The van der Waals surface area contributed by atoms with Gasteiger partial charge in [0.25, 0.3) is 5.91 Å². The van der Waals surface area contributed by atoms with Crippen LogP contribution in [0.2, 0.25) is 0 Å². The molecule has 0 aliphatic heterocycles. The standard InChI is InChI=1S/C19H25N3O3S/c1-5-21(3)17-10-6-16(7-11-17)19(23)22(4)14(2)15-8-12-18(13-9-15)26(20,24)25/h6-14H,5H2,1-4H3,(H2,20,24,25). The van der Waals surface area contributed by atoms with Gasteiger partial charge in [0, 0.05) is 31.9 Å². The summed E-state index contributed by atoms with van der Waals surface area (Å²) in [5, 5.41) is 5.11. The molecule has 0 radical (unpaired) electrons. The first kappa shape index (κ1) is 19.9. The average molecular weight is 375 g/mol. The number of sulfonamides is 1. The molecule has 2 N–H and O–H groups in total. The van der Waals surface area contributed by atoms with Crippen molar-refractivity contribution in [3.05, 3.63) is 59.7 Å². The molecule has 2 rings (SSSR count). The van der Waals surface area contributed by atoms with Crippen LogP contribution in [0.1, 0.15) is 35.8 Å². The average Bonchev–Trinajstić information content (AvgIpc) is 2.65. The highest BCUT2D eigenvalue weighted by molar-refractivity contribution is 7.89. The van der Waals surface area contributed by atoms with Crippen LogP contribution >= 0.6 is 0 Å². The first-order chi connectivity index (χ1) is 12.1. The first-order valence-electron chi connectivity index (χ1n) is 8.36. The lowest BCUT2D eigenvalue weighted by molar-refractivity contribution is 0.0742. The highest BCUT2D eigenvalue weighted by Crippen LogP contribution is 2.23. The third-order valence-corrected chi connectivity index (χ3v) is 5.55. The molecule has 26 heavy (non-hydrogen) atoms. The van der Waals surface area contributed by atoms with E-state index in [0.717, 1.165) is 17.8 Å². The number of anilines is 1. The van der Waals surface area contributed by atoms with Crippen LogP contribution in [0.25, 0.3) is 0 Å². The van der Waals surface area contributed by atoms with Crippen molar-refractivity contribution in [3.8, 4) is 0 Å². The molecule has 0 aromatic heterocycles. The Kier molecular flexibility index (Phi) is 6.05. The molecule has 2 aromatic carbocycles. The van der Waals surface area contributed by atoms with E-state index in [9.17, 15) is 13.2 Å². The van der Waals surface area contributed by atoms with Crippen LogP contribution in [-0.4, -0.2) is 39.9 Å². The molecule has 0 aliphatic rings. The predicted molar refractivity (Wildman–Crippen MR) is 104 cm³/mol. The van der Waals surface area contributed by atoms with Gasteiger partial charge in [0.05, 0.1) is 10.9 Å². The van der Waals surface area contributed by atoms with Crippen molar-refractivity contribution in [2.45, 2.75) is 24.8 Å². The number of amides is 1. The van der Waals surface area contributed by atoms with Crippen LogP contribution < -0.4 is 10.0 Å². The van der Waals surface area contributed by atoms with Gasteiger partial charge in [-0.25, -0.2) is 13.6 Å². The second-order valence-corrected chi connectivity index (χ2v) is 7.83. The number of primary sulfonamides is 1. The zero-order chi connectivity index (χ0) is 19.5. The molecule has 0 saturated heterocycles. The van der Waals surface area contributed by atoms with Crippen molar-refractivity contribution < 1.29 is 13.2 Å². The summed E-state index contributed by atoms with van der Waals surface area (Å²) >= 11 is 0. The minimum absolute atomic E-state index is 0.0538. The summed E-state index contributed by atoms with van der Waals surface area (Å²) < 4.78 is 22.7. The molecule has 0 saturated carbocycles. The minimum Gasteiger partial charge on any atom is -0.375 e. The van der Waals surface area contributed by atoms with Gasteiger partial charge in [-0.3, -0.25) is 4.79 Å². The van der Waals surface area contributed by atoms with E-state index in [1.807, 2.05) is 38.2 Å². The summed E-state index contributed by atoms with van der Waals surface area (Å²) in [5.74, 6) is -0.0984. The quantitative estimate of drug-likeness (QED) is 0.841. The van der Waals surface area contributed by atoms with Crippen molar-refractivity contribution in [1.29, 1.82) is 0 Å². The number of hydrogen-bond acceptors (Lipinski definition) is 4. The predicted octanol–water partition coefficient (Wildman–Crippen LogP) is 2.62. The van der Waals surface area contributed by atoms with Crippen molar-refractivity contribution in [2.75, 3.05) is 25.5 Å². The monoisotopic (exact) mass is 375 g/mol. The van der Waals surface area contributed by atoms with Crippen LogP contribution in [0.3, 0.4) is 0 Å². The number of carbonyl (C=O) groups is 1. The Balaban J connectivity index is 2.16. The van der Waals surface area contributed by atoms with Crippen molar-refractivity contribution in [2.24, 2.45) is 5.14 Å². The molecule has 0 fully saturated rings. The molecule has 1 amide bonds. The van der Waals surface area contributed by atoms with E-state index >= 15 is 0 Å². The third-order valence-electron chi connectivity index (χ3n) is 4.62. The van der Waals surface area contributed by atoms with Gasteiger partial charge in [0.2, 0.25) is 10.0 Å². The first-order valence-corrected chi connectivity index (χ1v) is 9.91. The summed E-state index contributed by atoms with van der Waals surface area (Å²) in [6.07, 6.45) is 0. The minimum atomic E-state index is -3.72. The molecule has 1 unspecified atom stereocenters. The Hall–Kier alpha value is -2.38. The summed E-state index contributed by atoms with van der Waals surface area (Å²) in [6, 6.07) is 13.5. The number of benzene rings is 2. The Morgan fingerprint density at radius 1 is 1.04 bits per heavy atom. The molecule has 0 heterocycles. The van der Waals surface area contributed by atoms with Crippen LogP contribution in [0.5, 0.6) is 0 Å². The molecule has 0 spiro atoms. The van der Waals surface area contributed by atoms with E-state index in [1.54, 1.807) is 24.1 Å². The van der Waals surface area contributed by atoms with Gasteiger partial charge in [-0.2, -0.15) is 0 Å². The van der Waals surface area contributed by atoms with E-state index in [2.05, 4.69) is 11.8 Å². The van der Waals surface area contributed by atoms with Crippen molar-refractivity contribution >= 4 is 21.6 Å². The molecular weight excluding hydrogens is 350 g/mol. The van der Waals surface area contributed by atoms with E-state index < -0.39 is 10.0 Å². The molecule has 2 aromatic rings. The van der Waals surface area contributed by atoms with Gasteiger partial charge in [0.15, 0.2) is 0 Å². The fourth-order valence-corrected chi connectivity index (χ4v) is 3.10. The van der Waals surface area contributed by atoms with E-state index in [0.29, 0.717) is 5.56 Å². The summed E-state index contributed by atoms with van der Waals surface area (Å²) in [7, 11) is 0.00229. The van der Waals surface area contributed by atoms with Gasteiger partial charge in [0.1, 0.15) is 0 Å². The number of hydrogen-bond donors (Lipinski definition) is 1. The van der Waals surface area contributed by atoms with Crippen LogP contribution in [-0.2, 0) is 10.0 Å². The van der Waals surface area contributed by atoms with Gasteiger partial charge < -0.3 is 9.80 Å². The maximum absolute atomic E-state index is 12.7. The molecule has 1 atom stereocenters. The molecule has 7 heteroatoms. The van der Waals surface area contributed by atoms with E-state index in [1.165, 1.54) is 12.1 Å². The lowest BCUT2D eigenvalue weighted by Crippen LogP contribution is -2.29. The second-order valence-electron chi connectivity index (χ2n) is 6.27. The Morgan fingerprint density at radius 3 is 2.04 bits per heavy atom. The van der Waals surface area contributed by atoms with E-state index in [4.69, 9.17) is 5.14 Å². The molecule has 0 bridgehead atoms. The smallest absolute Gasteiger partial charge is 0.254 e. The number of carbonyl (C=O) groups excluding carboxylic acids is 1. The lowest BCUT2D eigenvalue weighted by atomic mass is 10.1. The summed E-state index contributed by atoms with van der Waals surface area (Å²) in [5.41, 5.74) is 2.49. The highest BCUT2D eigenvalue weighted by atomic mass is 32.2. The van der Waals surface area contributed by atoms with E-state index in [-0.39, 0.29) is 16.8 Å². The van der Waals surface area contributed by atoms with Crippen LogP contribution in [0.15, 0.2) is 53.4 Å². The highest BCUT2D eigenvalue weighted by Gasteiger charge is 2.19. The largest absolute Gasteiger partial charge is 0.375 e. The number of rotatable bonds is 6. The second kappa shape index (κ2) is 7.88. The maximum Gasteiger partial charge on any atom is 0.254 e. The van der Waals surface area contributed by atoms with Gasteiger partial charge >= 0.3 is 0 Å². The fraction of sp³-hybridized carbons (Fsp3) is 0.316. The summed E-state index contributed by atoms with van der Waals surface area (Å²) in [6.45, 7) is 4.84. The van der Waals surface area contributed by atoms with Crippen LogP contribution in [0, 0.1) is 0 Å². The van der Waals surface area contributed by atoms with Gasteiger partial charge in [-0.15, -0.1) is 0 Å². The normalized spacial score (nSPS) is 12.5. The van der Waals surface area contributed by atoms with Crippen molar-refractivity contribution in [3.63, 3.8) is 0 Å². The fourth-order valence-electron chi connectivity index (χ4n) is 2.58. The van der Waals surface area contributed by atoms with Gasteiger partial charge in [-0.05, 0) is 55.8 Å². The molecular formula is C19H25N3O3S. The summed E-state index contributed by atoms with van der Waals surface area (Å²) in [4.78, 5) is 16.5. The van der Waals surface area contributed by atoms with Gasteiger partial charge in [-0.1, -0.05) is 12.1 Å². The number of nitrogens with zero attached hydrogens (tertiary/aromatic N) is 2. The lowest BCUT2D eigenvalue weighted by Gasteiger charge is -2.26. The Bertz CT molecular complexity index is 862. The Labute approximate surface area is 155 Å². The van der Waals surface area contributed by atoms with Crippen LogP contribution in [0.4, 0.5) is 5.69 Å². The zero-order valence-corrected chi connectivity index (χ0v) is 16.3. The van der Waals surface area contributed by atoms with Crippen molar-refractivity contribution in [1.82, 2.24) is 4.90 Å². The molecule has 140 valence electrons.